The van der Waals surface area contributed by atoms with Gasteiger partial charge in [-0.05, 0) is 36.4 Å². The Morgan fingerprint density at radius 3 is 2.40 bits per heavy atom. The maximum Gasteiger partial charge on any atom is 0.338 e. The van der Waals surface area contributed by atoms with Crippen molar-refractivity contribution in [1.29, 1.82) is 0 Å². The Kier molecular flexibility index (Phi) is 5.23. The van der Waals surface area contributed by atoms with Crippen LogP contribution in [0, 0.1) is 0 Å². The first-order chi connectivity index (χ1) is 12.0. The van der Waals surface area contributed by atoms with Crippen molar-refractivity contribution in [3.63, 3.8) is 0 Å². The van der Waals surface area contributed by atoms with Crippen LogP contribution in [0.3, 0.4) is 0 Å². The zero-order valence-corrected chi connectivity index (χ0v) is 15.1. The highest BCUT2D eigenvalue weighted by molar-refractivity contribution is 9.10. The van der Waals surface area contributed by atoms with Gasteiger partial charge in [-0.3, -0.25) is 4.79 Å². The van der Waals surface area contributed by atoms with Gasteiger partial charge < -0.3 is 19.5 Å². The van der Waals surface area contributed by atoms with Crippen LogP contribution in [0.25, 0.3) is 0 Å². The van der Waals surface area contributed by atoms with Crippen LogP contribution in [0.2, 0.25) is 0 Å². The maximum atomic E-state index is 12.2. The molecule has 0 atom stereocenters. The summed E-state index contributed by atoms with van der Waals surface area (Å²) >= 11 is 3.45. The highest BCUT2D eigenvalue weighted by Gasteiger charge is 2.16. The average molecular weight is 406 g/mol. The maximum absolute atomic E-state index is 12.2. The molecule has 1 N–H and O–H groups in total. The van der Waals surface area contributed by atoms with Crippen LogP contribution in [-0.2, 0) is 16.1 Å². The molecule has 0 unspecified atom stereocenters. The lowest BCUT2D eigenvalue weighted by atomic mass is 10.2. The van der Waals surface area contributed by atoms with Crippen LogP contribution in [0.15, 0.2) is 40.9 Å². The fraction of sp³-hybridized carbons (Fsp3) is 0.222. The zero-order valence-electron chi connectivity index (χ0n) is 13.5. The molecule has 130 valence electrons. The standard InChI is InChI=1S/C18H16BrNO5/c1-11(21)20-14-4-2-12(3-5-14)18(22)25-10-13-8-16-17(9-15(13)19)24-7-6-23-16/h2-5,8-9H,6-7,10H2,1H3,(H,20,21). The van der Waals surface area contributed by atoms with Crippen LogP contribution in [0.1, 0.15) is 22.8 Å². The van der Waals surface area contributed by atoms with Crippen LogP contribution in [0.5, 0.6) is 11.5 Å². The summed E-state index contributed by atoms with van der Waals surface area (Å²) in [4.78, 5) is 23.2. The number of fused-ring (bicyclic) bond motifs is 1. The Morgan fingerprint density at radius 1 is 1.12 bits per heavy atom. The van der Waals surface area contributed by atoms with Gasteiger partial charge in [0.15, 0.2) is 11.5 Å². The second-order valence-corrected chi connectivity index (χ2v) is 6.28. The zero-order chi connectivity index (χ0) is 17.8. The van der Waals surface area contributed by atoms with E-state index in [1.165, 1.54) is 6.92 Å². The first-order valence-electron chi connectivity index (χ1n) is 7.66. The molecule has 0 spiro atoms. The molecule has 2 aromatic rings. The summed E-state index contributed by atoms with van der Waals surface area (Å²) in [5.74, 6) is 0.692. The monoisotopic (exact) mass is 405 g/mol. The Hall–Kier alpha value is -2.54. The van der Waals surface area contributed by atoms with E-state index >= 15 is 0 Å². The van der Waals surface area contributed by atoms with E-state index in [0.29, 0.717) is 36.0 Å². The number of halogens is 1. The van der Waals surface area contributed by atoms with Gasteiger partial charge in [0.1, 0.15) is 19.8 Å². The van der Waals surface area contributed by atoms with E-state index in [4.69, 9.17) is 14.2 Å². The third-order valence-electron chi connectivity index (χ3n) is 3.51. The normalized spacial score (nSPS) is 12.4. The minimum Gasteiger partial charge on any atom is -0.486 e. The van der Waals surface area contributed by atoms with E-state index in [1.54, 1.807) is 36.4 Å². The molecule has 2 aromatic carbocycles. The second kappa shape index (κ2) is 7.57. The molecule has 1 aliphatic rings. The van der Waals surface area contributed by atoms with Gasteiger partial charge in [0, 0.05) is 22.6 Å². The number of rotatable bonds is 4. The van der Waals surface area contributed by atoms with Crippen LogP contribution in [0.4, 0.5) is 5.69 Å². The van der Waals surface area contributed by atoms with Crippen molar-refractivity contribution in [2.45, 2.75) is 13.5 Å². The molecule has 1 amide bonds. The van der Waals surface area contributed by atoms with Gasteiger partial charge in [-0.1, -0.05) is 15.9 Å². The Bertz CT molecular complexity index is 804. The molecular weight excluding hydrogens is 390 g/mol. The summed E-state index contributed by atoms with van der Waals surface area (Å²) in [7, 11) is 0. The predicted octanol–water partition coefficient (Wildman–Crippen LogP) is 3.54. The fourth-order valence-corrected chi connectivity index (χ4v) is 2.77. The third kappa shape index (κ3) is 4.30. The number of anilines is 1. The number of carbonyl (C=O) groups is 2. The lowest BCUT2D eigenvalue weighted by molar-refractivity contribution is -0.114. The van der Waals surface area contributed by atoms with E-state index < -0.39 is 5.97 Å². The number of carbonyl (C=O) groups excluding carboxylic acids is 2. The topological polar surface area (TPSA) is 73.9 Å². The van der Waals surface area contributed by atoms with Crippen molar-refractivity contribution in [3.8, 4) is 11.5 Å². The minimum atomic E-state index is -0.448. The SMILES string of the molecule is CC(=O)Nc1ccc(C(=O)OCc2cc3c(cc2Br)OCCO3)cc1. The van der Waals surface area contributed by atoms with E-state index in [1.807, 2.05) is 0 Å². The molecule has 0 aromatic heterocycles. The highest BCUT2D eigenvalue weighted by Crippen LogP contribution is 2.35. The predicted molar refractivity (Wildman–Crippen MR) is 95.0 cm³/mol. The van der Waals surface area contributed by atoms with Gasteiger partial charge in [-0.15, -0.1) is 0 Å². The summed E-state index contributed by atoms with van der Waals surface area (Å²) in [5, 5.41) is 2.64. The highest BCUT2D eigenvalue weighted by atomic mass is 79.9. The second-order valence-electron chi connectivity index (χ2n) is 5.42. The molecule has 7 heteroatoms. The first kappa shape index (κ1) is 17.3. The summed E-state index contributed by atoms with van der Waals surface area (Å²) in [5.41, 5.74) is 1.81. The molecule has 0 aliphatic carbocycles. The molecule has 3 rings (SSSR count). The van der Waals surface area contributed by atoms with Gasteiger partial charge in [0.05, 0.1) is 5.56 Å². The number of hydrogen-bond acceptors (Lipinski definition) is 5. The molecule has 0 saturated carbocycles. The van der Waals surface area contributed by atoms with Gasteiger partial charge in [-0.2, -0.15) is 0 Å². The summed E-state index contributed by atoms with van der Waals surface area (Å²) < 4.78 is 17.2. The quantitative estimate of drug-likeness (QED) is 0.787. The van der Waals surface area contributed by atoms with Crippen LogP contribution < -0.4 is 14.8 Å². The number of nitrogens with one attached hydrogen (secondary N) is 1. The van der Waals surface area contributed by atoms with E-state index in [-0.39, 0.29) is 12.5 Å². The smallest absolute Gasteiger partial charge is 0.338 e. The first-order valence-corrected chi connectivity index (χ1v) is 8.45. The van der Waals surface area contributed by atoms with Crippen molar-refractivity contribution in [2.24, 2.45) is 0 Å². The van der Waals surface area contributed by atoms with Crippen LogP contribution in [-0.4, -0.2) is 25.1 Å². The summed E-state index contributed by atoms with van der Waals surface area (Å²) in [6.45, 7) is 2.54. The van der Waals surface area contributed by atoms with E-state index in [2.05, 4.69) is 21.2 Å². The van der Waals surface area contributed by atoms with Crippen molar-refractivity contribution >= 4 is 33.5 Å². The molecule has 0 bridgehead atoms. The van der Waals surface area contributed by atoms with Gasteiger partial charge in [0.25, 0.3) is 0 Å². The molecule has 0 fully saturated rings. The fourth-order valence-electron chi connectivity index (χ4n) is 2.34. The summed E-state index contributed by atoms with van der Waals surface area (Å²) in [6, 6.07) is 10.1. The van der Waals surface area contributed by atoms with Crippen molar-refractivity contribution in [1.82, 2.24) is 0 Å². The average Bonchev–Trinajstić information content (AvgIpc) is 2.59. The Labute approximate surface area is 153 Å². The number of hydrogen-bond donors (Lipinski definition) is 1. The molecule has 1 aliphatic heterocycles. The molecule has 25 heavy (non-hydrogen) atoms. The van der Waals surface area contributed by atoms with Crippen molar-refractivity contribution in [3.05, 3.63) is 52.0 Å². The molecule has 1 heterocycles. The largest absolute Gasteiger partial charge is 0.486 e. The third-order valence-corrected chi connectivity index (χ3v) is 4.25. The summed E-state index contributed by atoms with van der Waals surface area (Å²) in [6.07, 6.45) is 0. The number of benzene rings is 2. The number of amides is 1. The Morgan fingerprint density at radius 2 is 1.76 bits per heavy atom. The van der Waals surface area contributed by atoms with Crippen molar-refractivity contribution < 1.29 is 23.8 Å². The van der Waals surface area contributed by atoms with E-state index in [9.17, 15) is 9.59 Å². The molecule has 0 radical (unpaired) electrons. The Balaban J connectivity index is 1.65. The molecular formula is C18H16BrNO5. The van der Waals surface area contributed by atoms with Crippen LogP contribution >= 0.6 is 15.9 Å². The van der Waals surface area contributed by atoms with E-state index in [0.717, 1.165) is 10.0 Å². The number of esters is 1. The van der Waals surface area contributed by atoms with Crippen molar-refractivity contribution in [2.75, 3.05) is 18.5 Å². The minimum absolute atomic E-state index is 0.101. The van der Waals surface area contributed by atoms with Gasteiger partial charge in [-0.25, -0.2) is 4.79 Å². The number of ether oxygens (including phenoxy) is 3. The molecule has 6 nitrogen and oxygen atoms in total. The van der Waals surface area contributed by atoms with Gasteiger partial charge in [0.2, 0.25) is 5.91 Å². The molecule has 0 saturated heterocycles. The lowest BCUT2D eigenvalue weighted by Crippen LogP contribution is -2.15. The lowest BCUT2D eigenvalue weighted by Gasteiger charge is -2.19. The van der Waals surface area contributed by atoms with Gasteiger partial charge >= 0.3 is 5.97 Å².